The number of anilines is 2. The summed E-state index contributed by atoms with van der Waals surface area (Å²) in [5, 5.41) is 2.45. The van der Waals surface area contributed by atoms with Gasteiger partial charge in [0.25, 0.3) is 5.91 Å². The van der Waals surface area contributed by atoms with Crippen molar-refractivity contribution >= 4 is 17.3 Å². The molecule has 0 aliphatic heterocycles. The number of halogens is 1. The highest BCUT2D eigenvalue weighted by Crippen LogP contribution is 2.27. The summed E-state index contributed by atoms with van der Waals surface area (Å²) in [6.07, 6.45) is 0. The van der Waals surface area contributed by atoms with Gasteiger partial charge in [0.2, 0.25) is 0 Å². The standard InChI is InChI=1S/C16H17FN2O2/c1-10-7-11(2)16(13(18)8-10)21-9-15(20)19-14-6-4-3-5-12(14)17/h3-8H,9,18H2,1-2H3,(H,19,20). The van der Waals surface area contributed by atoms with E-state index < -0.39 is 11.7 Å². The number of nitrogens with two attached hydrogens (primary N) is 1. The molecule has 0 aromatic heterocycles. The van der Waals surface area contributed by atoms with Crippen LogP contribution in [0.4, 0.5) is 15.8 Å². The van der Waals surface area contributed by atoms with Crippen LogP contribution in [-0.2, 0) is 4.79 Å². The minimum Gasteiger partial charge on any atom is -0.481 e. The molecule has 110 valence electrons. The zero-order valence-electron chi connectivity index (χ0n) is 11.9. The van der Waals surface area contributed by atoms with Gasteiger partial charge in [-0.2, -0.15) is 0 Å². The molecule has 1 amide bonds. The maximum atomic E-state index is 13.4. The van der Waals surface area contributed by atoms with Gasteiger partial charge in [-0.1, -0.05) is 18.2 Å². The molecule has 2 aromatic carbocycles. The van der Waals surface area contributed by atoms with Gasteiger partial charge in [0.1, 0.15) is 11.6 Å². The molecule has 2 aromatic rings. The van der Waals surface area contributed by atoms with E-state index in [1.807, 2.05) is 19.9 Å². The number of carbonyl (C=O) groups excluding carboxylic acids is 1. The first-order valence-corrected chi connectivity index (χ1v) is 6.51. The molecule has 0 spiro atoms. The van der Waals surface area contributed by atoms with Crippen LogP contribution in [0.25, 0.3) is 0 Å². The average molecular weight is 288 g/mol. The fourth-order valence-electron chi connectivity index (χ4n) is 2.07. The Balaban J connectivity index is 2.01. The van der Waals surface area contributed by atoms with Gasteiger partial charge in [-0.3, -0.25) is 4.79 Å². The molecule has 21 heavy (non-hydrogen) atoms. The summed E-state index contributed by atoms with van der Waals surface area (Å²) in [5.41, 5.74) is 8.35. The van der Waals surface area contributed by atoms with Crippen molar-refractivity contribution in [2.45, 2.75) is 13.8 Å². The van der Waals surface area contributed by atoms with Gasteiger partial charge in [-0.15, -0.1) is 0 Å². The molecule has 0 aliphatic rings. The zero-order chi connectivity index (χ0) is 15.4. The van der Waals surface area contributed by atoms with Crippen LogP contribution in [0.2, 0.25) is 0 Å². The van der Waals surface area contributed by atoms with E-state index >= 15 is 0 Å². The van der Waals surface area contributed by atoms with Crippen molar-refractivity contribution in [2.75, 3.05) is 17.7 Å². The van der Waals surface area contributed by atoms with Crippen molar-refractivity contribution in [1.82, 2.24) is 0 Å². The van der Waals surface area contributed by atoms with Gasteiger partial charge in [0, 0.05) is 0 Å². The van der Waals surface area contributed by atoms with Gasteiger partial charge < -0.3 is 15.8 Å². The normalized spacial score (nSPS) is 10.2. The predicted octanol–water partition coefficient (Wildman–Crippen LogP) is 3.04. The van der Waals surface area contributed by atoms with Crippen LogP contribution in [0.5, 0.6) is 5.75 Å². The molecule has 0 heterocycles. The summed E-state index contributed by atoms with van der Waals surface area (Å²) >= 11 is 0. The van der Waals surface area contributed by atoms with E-state index in [0.29, 0.717) is 11.4 Å². The second kappa shape index (κ2) is 6.26. The minimum absolute atomic E-state index is 0.125. The Morgan fingerprint density at radius 2 is 2.00 bits per heavy atom. The molecule has 2 rings (SSSR count). The second-order valence-corrected chi connectivity index (χ2v) is 4.82. The third-order valence-corrected chi connectivity index (χ3v) is 2.94. The van der Waals surface area contributed by atoms with Gasteiger partial charge in [0.05, 0.1) is 11.4 Å². The Morgan fingerprint density at radius 1 is 1.29 bits per heavy atom. The number of para-hydroxylation sites is 1. The molecule has 0 saturated carbocycles. The summed E-state index contributed by atoms with van der Waals surface area (Å²) in [5.74, 6) is -0.458. The predicted molar refractivity (Wildman–Crippen MR) is 80.9 cm³/mol. The smallest absolute Gasteiger partial charge is 0.262 e. The van der Waals surface area contributed by atoms with Crippen LogP contribution in [0.15, 0.2) is 36.4 Å². The monoisotopic (exact) mass is 288 g/mol. The van der Waals surface area contributed by atoms with E-state index in [9.17, 15) is 9.18 Å². The topological polar surface area (TPSA) is 64.3 Å². The van der Waals surface area contributed by atoms with E-state index in [-0.39, 0.29) is 12.3 Å². The number of aryl methyl sites for hydroxylation is 2. The summed E-state index contributed by atoms with van der Waals surface area (Å²) in [6.45, 7) is 3.55. The first-order valence-electron chi connectivity index (χ1n) is 6.51. The Hall–Kier alpha value is -2.56. The van der Waals surface area contributed by atoms with Crippen molar-refractivity contribution in [3.05, 3.63) is 53.3 Å². The average Bonchev–Trinajstić information content (AvgIpc) is 2.40. The van der Waals surface area contributed by atoms with Crippen LogP contribution in [0, 0.1) is 19.7 Å². The van der Waals surface area contributed by atoms with Gasteiger partial charge in [-0.05, 0) is 43.2 Å². The maximum absolute atomic E-state index is 13.4. The van der Waals surface area contributed by atoms with Crippen molar-refractivity contribution in [3.63, 3.8) is 0 Å². The number of ether oxygens (including phenoxy) is 1. The maximum Gasteiger partial charge on any atom is 0.262 e. The van der Waals surface area contributed by atoms with Gasteiger partial charge in [-0.25, -0.2) is 4.39 Å². The minimum atomic E-state index is -0.489. The van der Waals surface area contributed by atoms with Crippen molar-refractivity contribution < 1.29 is 13.9 Å². The molecule has 0 fully saturated rings. The molecule has 0 saturated heterocycles. The fraction of sp³-hybridized carbons (Fsp3) is 0.188. The number of carbonyl (C=O) groups is 1. The lowest BCUT2D eigenvalue weighted by atomic mass is 10.1. The van der Waals surface area contributed by atoms with E-state index in [4.69, 9.17) is 10.5 Å². The van der Waals surface area contributed by atoms with E-state index in [2.05, 4.69) is 5.32 Å². The number of benzene rings is 2. The molecule has 0 bridgehead atoms. The Kier molecular flexibility index (Phi) is 4.42. The van der Waals surface area contributed by atoms with Crippen LogP contribution in [0.1, 0.15) is 11.1 Å². The summed E-state index contributed by atoms with van der Waals surface area (Å²) in [7, 11) is 0. The highest BCUT2D eigenvalue weighted by atomic mass is 19.1. The molecule has 0 aliphatic carbocycles. The first-order chi connectivity index (χ1) is 9.97. The second-order valence-electron chi connectivity index (χ2n) is 4.82. The van der Waals surface area contributed by atoms with Crippen LogP contribution >= 0.6 is 0 Å². The summed E-state index contributed by atoms with van der Waals surface area (Å²) in [6, 6.07) is 9.65. The molecule has 0 unspecified atom stereocenters. The number of hydrogen-bond donors (Lipinski definition) is 2. The van der Waals surface area contributed by atoms with Gasteiger partial charge in [0.15, 0.2) is 6.61 Å². The van der Waals surface area contributed by atoms with E-state index in [1.54, 1.807) is 18.2 Å². The van der Waals surface area contributed by atoms with Crippen molar-refractivity contribution in [3.8, 4) is 5.75 Å². The van der Waals surface area contributed by atoms with Crippen molar-refractivity contribution in [2.24, 2.45) is 0 Å². The van der Waals surface area contributed by atoms with E-state index in [1.165, 1.54) is 12.1 Å². The molecular formula is C16H17FN2O2. The molecule has 3 N–H and O–H groups in total. The zero-order valence-corrected chi connectivity index (χ0v) is 11.9. The molecule has 4 nitrogen and oxygen atoms in total. The lowest BCUT2D eigenvalue weighted by molar-refractivity contribution is -0.118. The summed E-state index contributed by atoms with van der Waals surface area (Å²) < 4.78 is 18.8. The van der Waals surface area contributed by atoms with Crippen LogP contribution in [0.3, 0.4) is 0 Å². The largest absolute Gasteiger partial charge is 0.481 e. The number of rotatable bonds is 4. The lowest BCUT2D eigenvalue weighted by Gasteiger charge is -2.13. The quantitative estimate of drug-likeness (QED) is 0.850. The lowest BCUT2D eigenvalue weighted by Crippen LogP contribution is -2.21. The molecule has 5 heteroatoms. The number of amides is 1. The molecule has 0 atom stereocenters. The number of nitrogen functional groups attached to an aromatic ring is 1. The van der Waals surface area contributed by atoms with Crippen LogP contribution < -0.4 is 15.8 Å². The molecular weight excluding hydrogens is 271 g/mol. The van der Waals surface area contributed by atoms with Crippen LogP contribution in [-0.4, -0.2) is 12.5 Å². The van der Waals surface area contributed by atoms with Crippen molar-refractivity contribution in [1.29, 1.82) is 0 Å². The van der Waals surface area contributed by atoms with E-state index in [0.717, 1.165) is 11.1 Å². The number of hydrogen-bond acceptors (Lipinski definition) is 3. The Bertz CT molecular complexity index is 648. The Morgan fingerprint density at radius 3 is 2.67 bits per heavy atom. The SMILES string of the molecule is Cc1cc(C)c(OCC(=O)Nc2ccccc2F)c(N)c1. The highest BCUT2D eigenvalue weighted by Gasteiger charge is 2.10. The highest BCUT2D eigenvalue weighted by molar-refractivity contribution is 5.92. The fourth-order valence-corrected chi connectivity index (χ4v) is 2.07. The van der Waals surface area contributed by atoms with Gasteiger partial charge >= 0.3 is 0 Å². The first kappa shape index (κ1) is 14.8. The third-order valence-electron chi connectivity index (χ3n) is 2.94. The Labute approximate surface area is 122 Å². The summed E-state index contributed by atoms with van der Waals surface area (Å²) in [4.78, 5) is 11.8. The third kappa shape index (κ3) is 3.72. The molecule has 0 radical (unpaired) electrons. The number of nitrogens with one attached hydrogen (secondary N) is 1.